The van der Waals surface area contributed by atoms with Gasteiger partial charge in [-0.15, -0.1) is 0 Å². The van der Waals surface area contributed by atoms with Crippen LogP contribution in [0.4, 0.5) is 18.9 Å². The van der Waals surface area contributed by atoms with Gasteiger partial charge in [-0.3, -0.25) is 14.7 Å². The zero-order valence-corrected chi connectivity index (χ0v) is 12.6. The molecule has 1 aromatic carbocycles. The summed E-state index contributed by atoms with van der Waals surface area (Å²) < 4.78 is 44.5. The second-order valence-electron chi connectivity index (χ2n) is 4.73. The first kappa shape index (κ1) is 17.4. The van der Waals surface area contributed by atoms with Crippen LogP contribution >= 0.6 is 0 Å². The monoisotopic (exact) mass is 343 g/mol. The van der Waals surface area contributed by atoms with Crippen molar-refractivity contribution < 1.29 is 27.6 Å². The van der Waals surface area contributed by atoms with Crippen molar-refractivity contribution in [2.75, 3.05) is 6.61 Å². The van der Waals surface area contributed by atoms with Gasteiger partial charge in [0.25, 0.3) is 5.69 Å². The molecule has 0 radical (unpaired) electrons. The lowest BCUT2D eigenvalue weighted by molar-refractivity contribution is -0.384. The normalized spacial score (nSPS) is 11.4. The molecule has 0 saturated heterocycles. The van der Waals surface area contributed by atoms with Crippen molar-refractivity contribution in [3.05, 3.63) is 51.6 Å². The van der Waals surface area contributed by atoms with Crippen molar-refractivity contribution >= 4 is 11.7 Å². The molecule has 0 atom stereocenters. The van der Waals surface area contributed by atoms with Crippen LogP contribution in [0.25, 0.3) is 5.69 Å². The number of carbonyl (C=O) groups is 1. The van der Waals surface area contributed by atoms with E-state index in [9.17, 15) is 28.1 Å². The fraction of sp³-hybridized carbons (Fsp3) is 0.286. The molecule has 2 aromatic rings. The first-order chi connectivity index (χ1) is 11.2. The molecule has 0 aliphatic carbocycles. The van der Waals surface area contributed by atoms with Gasteiger partial charge in [0.2, 0.25) is 0 Å². The highest BCUT2D eigenvalue weighted by Crippen LogP contribution is 2.34. The van der Waals surface area contributed by atoms with Crippen LogP contribution in [0.15, 0.2) is 24.5 Å². The molecule has 10 heteroatoms. The summed E-state index contributed by atoms with van der Waals surface area (Å²) in [4.78, 5) is 25.8. The van der Waals surface area contributed by atoms with Crippen LogP contribution in [0.1, 0.15) is 28.7 Å². The Morgan fingerprint density at radius 2 is 2.08 bits per heavy atom. The van der Waals surface area contributed by atoms with E-state index < -0.39 is 28.3 Å². The Bertz CT molecular complexity index is 799. The number of halogens is 3. The molecule has 0 aliphatic heterocycles. The second-order valence-corrected chi connectivity index (χ2v) is 4.73. The number of hydrogen-bond donors (Lipinski definition) is 0. The third-order valence-electron chi connectivity index (χ3n) is 3.23. The van der Waals surface area contributed by atoms with Crippen LogP contribution in [-0.2, 0) is 10.9 Å². The highest BCUT2D eigenvalue weighted by atomic mass is 19.4. The highest BCUT2D eigenvalue weighted by molar-refractivity contribution is 5.88. The van der Waals surface area contributed by atoms with Crippen LogP contribution in [-0.4, -0.2) is 27.1 Å². The molecule has 0 amide bonds. The Labute approximate surface area is 133 Å². The number of benzene rings is 1. The zero-order chi connectivity index (χ0) is 18.1. The van der Waals surface area contributed by atoms with E-state index in [0.29, 0.717) is 12.1 Å². The summed E-state index contributed by atoms with van der Waals surface area (Å²) in [5.74, 6) is -0.761. The van der Waals surface area contributed by atoms with Gasteiger partial charge < -0.3 is 4.74 Å². The van der Waals surface area contributed by atoms with Gasteiger partial charge in [0.1, 0.15) is 12.0 Å². The van der Waals surface area contributed by atoms with Crippen molar-refractivity contribution in [3.8, 4) is 5.69 Å². The largest absolute Gasteiger partial charge is 0.461 e. The number of esters is 1. The molecule has 1 aromatic heterocycles. The predicted molar refractivity (Wildman–Crippen MR) is 75.9 cm³/mol. The summed E-state index contributed by atoms with van der Waals surface area (Å²) in [5.41, 5.74) is -1.91. The predicted octanol–water partition coefficient (Wildman–Crippen LogP) is 3.28. The van der Waals surface area contributed by atoms with Crippen LogP contribution in [0.5, 0.6) is 0 Å². The maximum absolute atomic E-state index is 12.9. The molecule has 0 bridgehead atoms. The minimum Gasteiger partial charge on any atom is -0.461 e. The Kier molecular flexibility index (Phi) is 4.58. The van der Waals surface area contributed by atoms with Gasteiger partial charge in [-0.2, -0.15) is 13.2 Å². The van der Waals surface area contributed by atoms with E-state index >= 15 is 0 Å². The Morgan fingerprint density at radius 3 is 2.62 bits per heavy atom. The van der Waals surface area contributed by atoms with Crippen molar-refractivity contribution in [1.29, 1.82) is 0 Å². The van der Waals surface area contributed by atoms with Gasteiger partial charge in [0.15, 0.2) is 5.69 Å². The van der Waals surface area contributed by atoms with E-state index in [0.717, 1.165) is 17.0 Å². The smallest absolute Gasteiger partial charge is 0.416 e. The van der Waals surface area contributed by atoms with Gasteiger partial charge in [-0.25, -0.2) is 9.78 Å². The maximum Gasteiger partial charge on any atom is 0.416 e. The Balaban J connectivity index is 2.63. The number of hydrogen-bond acceptors (Lipinski definition) is 5. The van der Waals surface area contributed by atoms with Crippen LogP contribution in [0.3, 0.4) is 0 Å². The average molecular weight is 343 g/mol. The quantitative estimate of drug-likeness (QED) is 0.483. The molecule has 2 rings (SSSR count). The SMILES string of the molecule is CCOC(=O)c1ncn(-c2cc(C(F)(F)F)ccc2[N+](=O)[O-])c1C. The molecule has 0 unspecified atom stereocenters. The van der Waals surface area contributed by atoms with Gasteiger partial charge in [-0.1, -0.05) is 0 Å². The maximum atomic E-state index is 12.9. The molecule has 7 nitrogen and oxygen atoms in total. The fourth-order valence-corrected chi connectivity index (χ4v) is 2.10. The molecular weight excluding hydrogens is 331 g/mol. The first-order valence-corrected chi connectivity index (χ1v) is 6.73. The standard InChI is InChI=1S/C14H12F3N3O4/c1-3-24-13(21)12-8(2)19(7-18-12)11-6-9(14(15,16)17)4-5-10(11)20(22)23/h4-7H,3H2,1-2H3. The van der Waals surface area contributed by atoms with Crippen molar-refractivity contribution in [3.63, 3.8) is 0 Å². The Morgan fingerprint density at radius 1 is 1.42 bits per heavy atom. The van der Waals surface area contributed by atoms with Crippen LogP contribution < -0.4 is 0 Å². The lowest BCUT2D eigenvalue weighted by Gasteiger charge is -2.11. The average Bonchev–Trinajstić information content (AvgIpc) is 2.87. The van der Waals surface area contributed by atoms with Crippen molar-refractivity contribution in [1.82, 2.24) is 9.55 Å². The molecule has 0 fully saturated rings. The molecule has 24 heavy (non-hydrogen) atoms. The molecule has 0 saturated carbocycles. The van der Waals surface area contributed by atoms with Crippen LogP contribution in [0.2, 0.25) is 0 Å². The lowest BCUT2D eigenvalue weighted by atomic mass is 10.1. The number of nitrogens with zero attached hydrogens (tertiary/aromatic N) is 3. The minimum absolute atomic E-state index is 0.0921. The lowest BCUT2D eigenvalue weighted by Crippen LogP contribution is -2.10. The van der Waals surface area contributed by atoms with Crippen molar-refractivity contribution in [2.45, 2.75) is 20.0 Å². The van der Waals surface area contributed by atoms with Gasteiger partial charge in [0.05, 0.1) is 22.8 Å². The number of alkyl halides is 3. The molecule has 0 spiro atoms. The van der Waals surface area contributed by atoms with E-state index in [1.54, 1.807) is 6.92 Å². The summed E-state index contributed by atoms with van der Waals surface area (Å²) in [6.07, 6.45) is -3.62. The van der Waals surface area contributed by atoms with Crippen LogP contribution in [0, 0.1) is 17.0 Å². The highest BCUT2D eigenvalue weighted by Gasteiger charge is 2.33. The molecular formula is C14H12F3N3O4. The van der Waals surface area contributed by atoms with E-state index in [4.69, 9.17) is 4.74 Å². The van der Waals surface area contributed by atoms with Crippen molar-refractivity contribution in [2.24, 2.45) is 0 Å². The van der Waals surface area contributed by atoms with E-state index in [1.807, 2.05) is 0 Å². The first-order valence-electron chi connectivity index (χ1n) is 6.73. The van der Waals surface area contributed by atoms with Gasteiger partial charge in [0, 0.05) is 6.07 Å². The second kappa shape index (κ2) is 6.30. The number of imidazole rings is 1. The third-order valence-corrected chi connectivity index (χ3v) is 3.23. The summed E-state index contributed by atoms with van der Waals surface area (Å²) in [7, 11) is 0. The van der Waals surface area contributed by atoms with E-state index in [2.05, 4.69) is 4.98 Å². The summed E-state index contributed by atoms with van der Waals surface area (Å²) >= 11 is 0. The number of carbonyl (C=O) groups excluding carboxylic acids is 1. The van der Waals surface area contributed by atoms with Gasteiger partial charge >= 0.3 is 12.1 Å². The zero-order valence-electron chi connectivity index (χ0n) is 12.6. The van der Waals surface area contributed by atoms with E-state index in [-0.39, 0.29) is 23.7 Å². The summed E-state index contributed by atoms with van der Waals surface area (Å²) in [6, 6.07) is 2.03. The topological polar surface area (TPSA) is 87.3 Å². The fourth-order valence-electron chi connectivity index (χ4n) is 2.10. The molecule has 0 N–H and O–H groups in total. The summed E-state index contributed by atoms with van der Waals surface area (Å²) in [6.45, 7) is 3.08. The number of aromatic nitrogens is 2. The minimum atomic E-state index is -4.66. The number of nitro groups is 1. The number of nitro benzene ring substituents is 1. The number of rotatable bonds is 4. The number of ether oxygens (including phenoxy) is 1. The molecule has 0 aliphatic rings. The third kappa shape index (κ3) is 3.21. The molecule has 128 valence electrons. The Hall–Kier alpha value is -2.91. The molecule has 1 heterocycles. The van der Waals surface area contributed by atoms with E-state index in [1.165, 1.54) is 6.92 Å². The van der Waals surface area contributed by atoms with Gasteiger partial charge in [-0.05, 0) is 26.0 Å². The summed E-state index contributed by atoms with van der Waals surface area (Å²) in [5, 5.41) is 11.1.